The van der Waals surface area contributed by atoms with Gasteiger partial charge in [0, 0.05) is 25.8 Å². The normalized spacial score (nSPS) is 11.0. The van der Waals surface area contributed by atoms with Gasteiger partial charge in [0.15, 0.2) is 0 Å². The minimum atomic E-state index is -3.85. The molecule has 0 unspecified atom stereocenters. The molecule has 3 N–H and O–H groups in total. The zero-order chi connectivity index (χ0) is 17.2. The third kappa shape index (κ3) is 3.72. The molecule has 0 aliphatic carbocycles. The van der Waals surface area contributed by atoms with Crippen molar-refractivity contribution >= 4 is 27.4 Å². The van der Waals surface area contributed by atoms with E-state index >= 15 is 0 Å². The fraction of sp³-hybridized carbons (Fsp3) is 0.133. The summed E-state index contributed by atoms with van der Waals surface area (Å²) in [6.07, 6.45) is 0. The Morgan fingerprint density at radius 3 is 2.39 bits per heavy atom. The SMILES string of the molecule is CN(C)c1cccc(S(=O)(=O)Nc2ccc(C(=O)O)c(O)c2)c1. The van der Waals surface area contributed by atoms with Crippen molar-refractivity contribution < 1.29 is 23.4 Å². The molecule has 8 heteroatoms. The molecule has 2 aromatic carbocycles. The van der Waals surface area contributed by atoms with E-state index in [4.69, 9.17) is 5.11 Å². The molecular weight excluding hydrogens is 320 g/mol. The van der Waals surface area contributed by atoms with Gasteiger partial charge in [-0.15, -0.1) is 0 Å². The summed E-state index contributed by atoms with van der Waals surface area (Å²) < 4.78 is 27.1. The van der Waals surface area contributed by atoms with E-state index < -0.39 is 21.7 Å². The van der Waals surface area contributed by atoms with E-state index in [9.17, 15) is 18.3 Å². The smallest absolute Gasteiger partial charge is 0.339 e. The van der Waals surface area contributed by atoms with Crippen LogP contribution in [-0.4, -0.2) is 38.7 Å². The van der Waals surface area contributed by atoms with Crippen molar-refractivity contribution in [3.63, 3.8) is 0 Å². The zero-order valence-electron chi connectivity index (χ0n) is 12.5. The van der Waals surface area contributed by atoms with Crippen LogP contribution in [0.4, 0.5) is 11.4 Å². The van der Waals surface area contributed by atoms with Gasteiger partial charge in [-0.2, -0.15) is 0 Å². The minimum Gasteiger partial charge on any atom is -0.507 e. The first-order valence-electron chi connectivity index (χ1n) is 6.57. The van der Waals surface area contributed by atoms with Crippen LogP contribution in [0.1, 0.15) is 10.4 Å². The van der Waals surface area contributed by atoms with Gasteiger partial charge < -0.3 is 15.1 Å². The number of anilines is 2. The topological polar surface area (TPSA) is 107 Å². The first kappa shape index (κ1) is 16.6. The van der Waals surface area contributed by atoms with Gasteiger partial charge in [0.2, 0.25) is 0 Å². The second-order valence-corrected chi connectivity index (χ2v) is 6.72. The van der Waals surface area contributed by atoms with Crippen LogP contribution in [0.5, 0.6) is 5.75 Å². The second kappa shape index (κ2) is 6.17. The minimum absolute atomic E-state index is 0.0606. The van der Waals surface area contributed by atoms with Crippen molar-refractivity contribution in [2.45, 2.75) is 4.90 Å². The molecule has 0 fully saturated rings. The Balaban J connectivity index is 2.33. The van der Waals surface area contributed by atoms with Crippen LogP contribution in [0, 0.1) is 0 Å². The molecule has 0 aromatic heterocycles. The van der Waals surface area contributed by atoms with Crippen LogP contribution in [0.3, 0.4) is 0 Å². The summed E-state index contributed by atoms with van der Waals surface area (Å²) in [7, 11) is -0.267. The number of aromatic hydroxyl groups is 1. The number of benzene rings is 2. The van der Waals surface area contributed by atoms with Crippen LogP contribution in [0.25, 0.3) is 0 Å². The lowest BCUT2D eigenvalue weighted by atomic mass is 10.2. The maximum atomic E-state index is 12.4. The van der Waals surface area contributed by atoms with Crippen molar-refractivity contribution in [3.05, 3.63) is 48.0 Å². The number of carbonyl (C=O) groups is 1. The highest BCUT2D eigenvalue weighted by atomic mass is 32.2. The second-order valence-electron chi connectivity index (χ2n) is 5.03. The number of rotatable bonds is 5. The van der Waals surface area contributed by atoms with Gasteiger partial charge >= 0.3 is 5.97 Å². The number of hydrogen-bond donors (Lipinski definition) is 3. The van der Waals surface area contributed by atoms with Crippen LogP contribution in [0.2, 0.25) is 0 Å². The molecule has 0 bridgehead atoms. The lowest BCUT2D eigenvalue weighted by molar-refractivity contribution is 0.0694. The summed E-state index contributed by atoms with van der Waals surface area (Å²) in [5.74, 6) is -1.81. The maximum Gasteiger partial charge on any atom is 0.339 e. The Hall–Kier alpha value is -2.74. The highest BCUT2D eigenvalue weighted by Crippen LogP contribution is 2.25. The van der Waals surface area contributed by atoms with Crippen molar-refractivity contribution in [1.82, 2.24) is 0 Å². The molecule has 2 aromatic rings. The standard InChI is InChI=1S/C15H16N2O5S/c1-17(2)11-4-3-5-12(9-11)23(21,22)16-10-6-7-13(15(19)20)14(18)8-10/h3-9,16,18H,1-2H3,(H,19,20). The van der Waals surface area contributed by atoms with E-state index in [-0.39, 0.29) is 16.1 Å². The van der Waals surface area contributed by atoms with Gasteiger partial charge in [0.25, 0.3) is 10.0 Å². The fourth-order valence-electron chi connectivity index (χ4n) is 1.92. The number of nitrogens with one attached hydrogen (secondary N) is 1. The van der Waals surface area contributed by atoms with Crippen molar-refractivity contribution in [1.29, 1.82) is 0 Å². The highest BCUT2D eigenvalue weighted by Gasteiger charge is 2.17. The van der Waals surface area contributed by atoms with Gasteiger partial charge in [-0.1, -0.05) is 6.07 Å². The molecule has 0 amide bonds. The van der Waals surface area contributed by atoms with E-state index in [2.05, 4.69) is 4.72 Å². The highest BCUT2D eigenvalue weighted by molar-refractivity contribution is 7.92. The van der Waals surface area contributed by atoms with Gasteiger partial charge in [0.05, 0.1) is 10.6 Å². The molecule has 2 rings (SSSR count). The summed E-state index contributed by atoms with van der Waals surface area (Å²) in [6, 6.07) is 9.80. The predicted molar refractivity (Wildman–Crippen MR) is 86.6 cm³/mol. The first-order chi connectivity index (χ1) is 10.7. The van der Waals surface area contributed by atoms with Crippen LogP contribution < -0.4 is 9.62 Å². The van der Waals surface area contributed by atoms with Crippen molar-refractivity contribution in [2.75, 3.05) is 23.7 Å². The first-order valence-corrected chi connectivity index (χ1v) is 8.05. The quantitative estimate of drug-likeness (QED) is 0.770. The predicted octanol–water partition coefficient (Wildman–Crippen LogP) is 1.96. The molecule has 0 atom stereocenters. The molecule has 0 heterocycles. The van der Waals surface area contributed by atoms with E-state index in [0.29, 0.717) is 0 Å². The summed E-state index contributed by atoms with van der Waals surface area (Å²) in [5, 5.41) is 18.5. The van der Waals surface area contributed by atoms with Crippen molar-refractivity contribution in [3.8, 4) is 5.75 Å². The zero-order valence-corrected chi connectivity index (χ0v) is 13.3. The Morgan fingerprint density at radius 1 is 1.13 bits per heavy atom. The largest absolute Gasteiger partial charge is 0.507 e. The van der Waals surface area contributed by atoms with Gasteiger partial charge in [0.1, 0.15) is 11.3 Å². The Labute approximate surface area is 133 Å². The van der Waals surface area contributed by atoms with Gasteiger partial charge in [-0.05, 0) is 30.3 Å². The Bertz CT molecular complexity index is 847. The van der Waals surface area contributed by atoms with Crippen LogP contribution in [0.15, 0.2) is 47.4 Å². The average Bonchev–Trinajstić information content (AvgIpc) is 2.46. The molecule has 23 heavy (non-hydrogen) atoms. The number of nitrogens with zero attached hydrogens (tertiary/aromatic N) is 1. The third-order valence-corrected chi connectivity index (χ3v) is 4.50. The monoisotopic (exact) mass is 336 g/mol. The number of hydrogen-bond acceptors (Lipinski definition) is 5. The number of phenols is 1. The molecule has 0 saturated carbocycles. The third-order valence-electron chi connectivity index (χ3n) is 3.12. The number of aromatic carboxylic acids is 1. The van der Waals surface area contributed by atoms with Crippen LogP contribution >= 0.6 is 0 Å². The molecule has 122 valence electrons. The molecule has 0 aliphatic heterocycles. The van der Waals surface area contributed by atoms with E-state index in [1.165, 1.54) is 18.2 Å². The van der Waals surface area contributed by atoms with Gasteiger partial charge in [-0.3, -0.25) is 4.72 Å². The molecular formula is C15H16N2O5S. The Morgan fingerprint density at radius 2 is 1.83 bits per heavy atom. The number of sulfonamides is 1. The molecule has 0 aliphatic rings. The summed E-state index contributed by atoms with van der Waals surface area (Å²) in [6.45, 7) is 0. The molecule has 7 nitrogen and oxygen atoms in total. The summed E-state index contributed by atoms with van der Waals surface area (Å²) in [5.41, 5.74) is 0.488. The lowest BCUT2D eigenvalue weighted by Crippen LogP contribution is -2.15. The van der Waals surface area contributed by atoms with E-state index in [0.717, 1.165) is 17.8 Å². The van der Waals surface area contributed by atoms with Gasteiger partial charge in [-0.25, -0.2) is 13.2 Å². The fourth-order valence-corrected chi connectivity index (χ4v) is 3.01. The summed E-state index contributed by atoms with van der Waals surface area (Å²) >= 11 is 0. The van der Waals surface area contributed by atoms with Crippen LogP contribution in [-0.2, 0) is 10.0 Å². The van der Waals surface area contributed by atoms with E-state index in [1.54, 1.807) is 31.1 Å². The number of carboxylic acids is 1. The summed E-state index contributed by atoms with van der Waals surface area (Å²) in [4.78, 5) is 12.7. The number of carboxylic acid groups (broad SMARTS) is 1. The average molecular weight is 336 g/mol. The molecule has 0 spiro atoms. The van der Waals surface area contributed by atoms with E-state index in [1.807, 2.05) is 0 Å². The molecule has 0 radical (unpaired) electrons. The Kier molecular flexibility index (Phi) is 4.46. The lowest BCUT2D eigenvalue weighted by Gasteiger charge is -2.14. The van der Waals surface area contributed by atoms with Crippen molar-refractivity contribution in [2.24, 2.45) is 0 Å². The molecule has 0 saturated heterocycles. The maximum absolute atomic E-state index is 12.4.